The lowest BCUT2D eigenvalue weighted by Crippen LogP contribution is -2.27. The van der Waals surface area contributed by atoms with Gasteiger partial charge >= 0.3 is 0 Å². The van der Waals surface area contributed by atoms with Crippen LogP contribution in [0.3, 0.4) is 0 Å². The first-order valence-corrected chi connectivity index (χ1v) is 10.0. The van der Waals surface area contributed by atoms with Crippen molar-refractivity contribution >= 4 is 28.3 Å². The van der Waals surface area contributed by atoms with E-state index in [1.54, 1.807) is 38.8 Å². The van der Waals surface area contributed by atoms with Crippen molar-refractivity contribution in [2.45, 2.75) is 13.8 Å². The second kappa shape index (κ2) is 11.6. The Kier molecular flexibility index (Phi) is 8.83. The minimum atomic E-state index is 0.256. The van der Waals surface area contributed by atoms with Crippen LogP contribution in [0.5, 0.6) is 0 Å². The second-order valence-corrected chi connectivity index (χ2v) is 7.15. The van der Waals surface area contributed by atoms with Gasteiger partial charge in [-0.3, -0.25) is 10.4 Å². The van der Waals surface area contributed by atoms with E-state index in [2.05, 4.69) is 25.9 Å². The summed E-state index contributed by atoms with van der Waals surface area (Å²) in [6.07, 6.45) is 6.82. The zero-order valence-corrected chi connectivity index (χ0v) is 18.5. The Hall–Kier alpha value is -3.59. The zero-order chi connectivity index (χ0) is 22.8. The second-order valence-electron chi connectivity index (χ2n) is 7.15. The molecule has 0 saturated carbocycles. The van der Waals surface area contributed by atoms with Crippen LogP contribution in [0.1, 0.15) is 19.4 Å². The van der Waals surface area contributed by atoms with E-state index in [9.17, 15) is 0 Å². The number of allylic oxidation sites excluding steroid dienone is 2. The lowest BCUT2D eigenvalue weighted by molar-refractivity contribution is 0.204. The predicted molar refractivity (Wildman–Crippen MR) is 127 cm³/mol. The third-order valence-corrected chi connectivity index (χ3v) is 4.47. The fraction of sp³-hybridized carbons (Fsp3) is 0.318. The number of hydrogen-bond donors (Lipinski definition) is 6. The molecule has 0 bridgehead atoms. The number of amidine groups is 1. The lowest BCUT2D eigenvalue weighted by atomic mass is 10.0. The highest BCUT2D eigenvalue weighted by Crippen LogP contribution is 2.20. The highest BCUT2D eigenvalue weighted by atomic mass is 16.5. The molecule has 166 valence electrons. The number of aromatic nitrogens is 2. The van der Waals surface area contributed by atoms with Gasteiger partial charge in [-0.05, 0) is 42.0 Å². The van der Waals surface area contributed by atoms with Crippen LogP contribution >= 0.6 is 0 Å². The Bertz CT molecular complexity index is 994. The maximum Gasteiger partial charge on any atom is 0.132 e. The Morgan fingerprint density at radius 3 is 2.71 bits per heavy atom. The van der Waals surface area contributed by atoms with E-state index in [1.165, 1.54) is 0 Å². The average Bonchev–Trinajstić information content (AvgIpc) is 2.75. The predicted octanol–water partition coefficient (Wildman–Crippen LogP) is 2.11. The number of ether oxygens (including phenoxy) is 1. The summed E-state index contributed by atoms with van der Waals surface area (Å²) in [6.45, 7) is 5.13. The van der Waals surface area contributed by atoms with Gasteiger partial charge in [-0.1, -0.05) is 13.8 Å². The quantitative estimate of drug-likeness (QED) is 0.147. The summed E-state index contributed by atoms with van der Waals surface area (Å²) in [6, 6.07) is 5.57. The molecule has 2 rings (SSSR count). The van der Waals surface area contributed by atoms with Gasteiger partial charge in [-0.25, -0.2) is 4.98 Å². The monoisotopic (exact) mass is 424 g/mol. The maximum absolute atomic E-state index is 8.35. The molecule has 0 unspecified atom stereocenters. The molecule has 0 aliphatic heterocycles. The van der Waals surface area contributed by atoms with Gasteiger partial charge < -0.3 is 32.2 Å². The fourth-order valence-corrected chi connectivity index (χ4v) is 2.81. The van der Waals surface area contributed by atoms with Crippen molar-refractivity contribution in [2.75, 3.05) is 32.6 Å². The van der Waals surface area contributed by atoms with E-state index in [0.717, 1.165) is 16.7 Å². The number of hydrogen-bond acceptors (Lipinski definition) is 8. The zero-order valence-electron chi connectivity index (χ0n) is 18.5. The van der Waals surface area contributed by atoms with Gasteiger partial charge in [0.2, 0.25) is 0 Å². The van der Waals surface area contributed by atoms with Crippen LogP contribution in [0.15, 0.2) is 54.3 Å². The van der Waals surface area contributed by atoms with Crippen molar-refractivity contribution in [2.24, 2.45) is 17.4 Å². The molecule has 9 nitrogen and oxygen atoms in total. The molecule has 2 heterocycles. The SMILES string of the molecule is CN/C=C(\C(=N)NCCOC)c1cnc2ccc(N/C(N)=C/C(=C\N)C(C)C)nc2c1. The number of nitrogens with two attached hydrogens (primary N) is 2. The Labute approximate surface area is 183 Å². The number of nitrogens with one attached hydrogen (secondary N) is 4. The van der Waals surface area contributed by atoms with Crippen molar-refractivity contribution in [3.63, 3.8) is 0 Å². The minimum absolute atomic E-state index is 0.256. The number of nitrogens with zero attached hydrogens (tertiary/aromatic N) is 2. The molecule has 0 aliphatic rings. The van der Waals surface area contributed by atoms with E-state index < -0.39 is 0 Å². The summed E-state index contributed by atoms with van der Waals surface area (Å²) in [5.41, 5.74) is 15.6. The number of rotatable bonds is 10. The van der Waals surface area contributed by atoms with Crippen molar-refractivity contribution < 1.29 is 4.74 Å². The summed E-state index contributed by atoms with van der Waals surface area (Å²) in [5.74, 6) is 1.56. The van der Waals surface area contributed by atoms with Crippen LogP contribution in [0.2, 0.25) is 0 Å². The molecule has 9 heteroatoms. The molecule has 2 aromatic rings. The number of anilines is 1. The van der Waals surface area contributed by atoms with Crippen molar-refractivity contribution in [1.29, 1.82) is 5.41 Å². The summed E-state index contributed by atoms with van der Waals surface area (Å²) in [7, 11) is 3.41. The summed E-state index contributed by atoms with van der Waals surface area (Å²) < 4.78 is 5.04. The van der Waals surface area contributed by atoms with Crippen LogP contribution in [-0.2, 0) is 4.74 Å². The fourth-order valence-electron chi connectivity index (χ4n) is 2.81. The summed E-state index contributed by atoms with van der Waals surface area (Å²) in [4.78, 5) is 9.12. The topological polar surface area (TPSA) is 147 Å². The van der Waals surface area contributed by atoms with Crippen molar-refractivity contribution in [3.05, 3.63) is 59.8 Å². The lowest BCUT2D eigenvalue weighted by Gasteiger charge is -2.13. The van der Waals surface area contributed by atoms with Gasteiger partial charge in [0.15, 0.2) is 0 Å². The highest BCUT2D eigenvalue weighted by Gasteiger charge is 2.11. The van der Waals surface area contributed by atoms with Gasteiger partial charge in [0, 0.05) is 44.2 Å². The molecule has 31 heavy (non-hydrogen) atoms. The molecule has 0 amide bonds. The summed E-state index contributed by atoms with van der Waals surface area (Å²) >= 11 is 0. The van der Waals surface area contributed by atoms with Crippen molar-refractivity contribution in [3.8, 4) is 0 Å². The van der Waals surface area contributed by atoms with E-state index >= 15 is 0 Å². The first kappa shape index (κ1) is 23.7. The first-order valence-electron chi connectivity index (χ1n) is 10.0. The Morgan fingerprint density at radius 2 is 2.06 bits per heavy atom. The third-order valence-electron chi connectivity index (χ3n) is 4.47. The molecule has 0 aromatic carbocycles. The molecule has 0 radical (unpaired) electrons. The van der Waals surface area contributed by atoms with E-state index in [1.807, 2.05) is 32.0 Å². The van der Waals surface area contributed by atoms with Crippen LogP contribution < -0.4 is 27.4 Å². The van der Waals surface area contributed by atoms with Crippen LogP contribution in [-0.4, -0.2) is 43.1 Å². The van der Waals surface area contributed by atoms with Crippen molar-refractivity contribution in [1.82, 2.24) is 20.6 Å². The molecular weight excluding hydrogens is 392 g/mol. The normalized spacial score (nSPS) is 12.9. The van der Waals surface area contributed by atoms with E-state index in [0.29, 0.717) is 35.9 Å². The summed E-state index contributed by atoms with van der Waals surface area (Å²) in [5, 5.41) is 17.5. The van der Waals surface area contributed by atoms with E-state index in [4.69, 9.17) is 21.6 Å². The molecule has 0 spiro atoms. The molecule has 8 N–H and O–H groups in total. The molecule has 2 aromatic heterocycles. The molecule has 0 fully saturated rings. The smallest absolute Gasteiger partial charge is 0.132 e. The number of pyridine rings is 2. The Morgan fingerprint density at radius 1 is 1.29 bits per heavy atom. The van der Waals surface area contributed by atoms with Gasteiger partial charge in [0.25, 0.3) is 0 Å². The third kappa shape index (κ3) is 6.71. The molecule has 0 aliphatic carbocycles. The van der Waals surface area contributed by atoms with Crippen LogP contribution in [0.25, 0.3) is 16.6 Å². The Balaban J connectivity index is 2.31. The number of methoxy groups -OCH3 is 1. The molecule has 0 saturated heterocycles. The van der Waals surface area contributed by atoms with Gasteiger partial charge in [0.1, 0.15) is 17.5 Å². The highest BCUT2D eigenvalue weighted by molar-refractivity contribution is 6.21. The first-order chi connectivity index (χ1) is 14.9. The van der Waals surface area contributed by atoms with Crippen LogP contribution in [0.4, 0.5) is 5.82 Å². The van der Waals surface area contributed by atoms with Gasteiger partial charge in [-0.15, -0.1) is 0 Å². The van der Waals surface area contributed by atoms with Crippen LogP contribution in [0, 0.1) is 11.3 Å². The van der Waals surface area contributed by atoms with Gasteiger partial charge in [0.05, 0.1) is 17.6 Å². The number of fused-ring (bicyclic) bond motifs is 1. The van der Waals surface area contributed by atoms with E-state index in [-0.39, 0.29) is 11.8 Å². The average molecular weight is 425 g/mol. The minimum Gasteiger partial charge on any atom is -0.404 e. The van der Waals surface area contributed by atoms with Gasteiger partial charge in [-0.2, -0.15) is 0 Å². The standard InChI is InChI=1S/C22H32N8O/c1-14(2)15(11-23)10-20(24)30-21-6-5-18-19(29-21)9-16(12-28-18)17(13-26-3)22(25)27-7-8-31-4/h5-6,9-14,26H,7-8,23-24H2,1-4H3,(H2,25,27)(H,29,30)/b15-11+,17-13-,20-10+. The maximum atomic E-state index is 8.35. The molecule has 0 atom stereocenters. The molecular formula is C22H32N8O. The largest absolute Gasteiger partial charge is 0.404 e.